The monoisotopic (exact) mass is 412 g/mol. The molecule has 0 aliphatic carbocycles. The Balaban J connectivity index is 1.52. The Morgan fingerprint density at radius 1 is 1.03 bits per heavy atom. The molecule has 0 bridgehead atoms. The van der Waals surface area contributed by atoms with Crippen LogP contribution < -0.4 is 5.32 Å². The second kappa shape index (κ2) is 8.10. The van der Waals surface area contributed by atoms with Crippen molar-refractivity contribution in [2.75, 3.05) is 26.2 Å². The largest absolute Gasteiger partial charge is 0.384 e. The summed E-state index contributed by atoms with van der Waals surface area (Å²) in [7, 11) is 0. The molecule has 2 aliphatic heterocycles. The molecule has 2 aromatic rings. The van der Waals surface area contributed by atoms with Crippen molar-refractivity contribution >= 4 is 17.5 Å². The molecule has 2 fully saturated rings. The van der Waals surface area contributed by atoms with E-state index < -0.39 is 5.60 Å². The first-order chi connectivity index (χ1) is 13.9. The van der Waals surface area contributed by atoms with Crippen molar-refractivity contribution in [1.29, 1.82) is 0 Å². The van der Waals surface area contributed by atoms with Gasteiger partial charge in [-0.25, -0.2) is 0 Å². The van der Waals surface area contributed by atoms with Gasteiger partial charge in [-0.05, 0) is 23.3 Å². The van der Waals surface area contributed by atoms with Crippen molar-refractivity contribution in [3.8, 4) is 0 Å². The standard InChI is InChI=1S/C24H29ClN2O2/c1-16-14-27(15-17(2)24(16,29)19-6-4-3-5-7-19)23(28)22-13-26-12-21(22)18-8-10-20(25)11-9-18/h3-11,16-17,21-22,26,29H,12-15H2,1-2H3/t16-,17+,21-,22+,24-/m0/s1. The first kappa shape index (κ1) is 20.4. The summed E-state index contributed by atoms with van der Waals surface area (Å²) in [6.45, 7) is 6.72. The number of amides is 1. The summed E-state index contributed by atoms with van der Waals surface area (Å²) in [6, 6.07) is 17.7. The number of halogens is 1. The minimum atomic E-state index is -0.915. The molecule has 5 atom stereocenters. The van der Waals surface area contributed by atoms with Crippen LogP contribution in [-0.4, -0.2) is 42.1 Å². The third kappa shape index (κ3) is 3.70. The van der Waals surface area contributed by atoms with E-state index in [4.69, 9.17) is 11.6 Å². The van der Waals surface area contributed by atoms with E-state index in [2.05, 4.69) is 5.32 Å². The van der Waals surface area contributed by atoms with Gasteiger partial charge in [0.1, 0.15) is 0 Å². The molecule has 0 saturated carbocycles. The number of carbonyl (C=O) groups is 1. The van der Waals surface area contributed by atoms with Gasteiger partial charge in [0.15, 0.2) is 0 Å². The molecule has 29 heavy (non-hydrogen) atoms. The van der Waals surface area contributed by atoms with Gasteiger partial charge in [0.25, 0.3) is 0 Å². The van der Waals surface area contributed by atoms with Gasteiger partial charge in [-0.15, -0.1) is 0 Å². The SMILES string of the molecule is C[C@@H]1CN(C(=O)[C@@H]2CNC[C@H]2c2ccc(Cl)cc2)C[C@H](C)[C@@]1(O)c1ccccc1. The lowest BCUT2D eigenvalue weighted by Gasteiger charge is -2.48. The van der Waals surface area contributed by atoms with E-state index in [0.717, 1.165) is 17.7 Å². The fourth-order valence-electron chi connectivity index (χ4n) is 5.19. The fourth-order valence-corrected chi connectivity index (χ4v) is 5.31. The molecule has 0 radical (unpaired) electrons. The third-order valence-corrected chi connectivity index (χ3v) is 7.12. The maximum Gasteiger partial charge on any atom is 0.227 e. The maximum atomic E-state index is 13.5. The summed E-state index contributed by atoms with van der Waals surface area (Å²) < 4.78 is 0. The van der Waals surface area contributed by atoms with E-state index >= 15 is 0 Å². The predicted octanol–water partition coefficient (Wildman–Crippen LogP) is 3.65. The van der Waals surface area contributed by atoms with Gasteiger partial charge < -0.3 is 15.3 Å². The van der Waals surface area contributed by atoms with E-state index in [1.807, 2.05) is 73.3 Å². The summed E-state index contributed by atoms with van der Waals surface area (Å²) in [5.41, 5.74) is 1.17. The predicted molar refractivity (Wildman–Crippen MR) is 116 cm³/mol. The molecule has 2 N–H and O–H groups in total. The van der Waals surface area contributed by atoms with E-state index in [1.54, 1.807) is 0 Å². The van der Waals surface area contributed by atoms with Crippen molar-refractivity contribution in [2.24, 2.45) is 17.8 Å². The van der Waals surface area contributed by atoms with Gasteiger partial charge in [0.2, 0.25) is 5.91 Å². The smallest absolute Gasteiger partial charge is 0.227 e. The van der Waals surface area contributed by atoms with Gasteiger partial charge in [-0.2, -0.15) is 0 Å². The summed E-state index contributed by atoms with van der Waals surface area (Å²) in [5, 5.41) is 15.6. The summed E-state index contributed by atoms with van der Waals surface area (Å²) in [6.07, 6.45) is 0. The quantitative estimate of drug-likeness (QED) is 0.809. The van der Waals surface area contributed by atoms with Gasteiger partial charge in [-0.1, -0.05) is 67.9 Å². The number of rotatable bonds is 3. The van der Waals surface area contributed by atoms with Crippen LogP contribution in [0.3, 0.4) is 0 Å². The number of hydrogen-bond acceptors (Lipinski definition) is 3. The second-order valence-corrected chi connectivity index (χ2v) is 9.10. The highest BCUT2D eigenvalue weighted by Crippen LogP contribution is 2.42. The van der Waals surface area contributed by atoms with Gasteiger partial charge >= 0.3 is 0 Å². The molecule has 5 heteroatoms. The molecule has 0 spiro atoms. The van der Waals surface area contributed by atoms with Gasteiger partial charge in [-0.3, -0.25) is 4.79 Å². The number of nitrogens with zero attached hydrogens (tertiary/aromatic N) is 1. The Kier molecular flexibility index (Phi) is 5.69. The molecular formula is C24H29ClN2O2. The zero-order valence-electron chi connectivity index (χ0n) is 17.0. The van der Waals surface area contributed by atoms with Crippen LogP contribution in [0.1, 0.15) is 30.9 Å². The molecule has 2 heterocycles. The van der Waals surface area contributed by atoms with E-state index in [9.17, 15) is 9.90 Å². The first-order valence-electron chi connectivity index (χ1n) is 10.4. The van der Waals surface area contributed by atoms with Crippen molar-refractivity contribution in [3.05, 3.63) is 70.7 Å². The highest BCUT2D eigenvalue weighted by molar-refractivity contribution is 6.30. The molecule has 154 valence electrons. The number of piperidine rings is 1. The molecular weight excluding hydrogens is 384 g/mol. The molecule has 0 unspecified atom stereocenters. The lowest BCUT2D eigenvalue weighted by Crippen LogP contribution is -2.57. The van der Waals surface area contributed by atoms with Crippen LogP contribution in [0.2, 0.25) is 5.02 Å². The molecule has 0 aromatic heterocycles. The number of carbonyl (C=O) groups excluding carboxylic acids is 1. The number of aliphatic hydroxyl groups is 1. The lowest BCUT2D eigenvalue weighted by atomic mass is 9.70. The Morgan fingerprint density at radius 2 is 1.66 bits per heavy atom. The van der Waals surface area contributed by atoms with Gasteiger partial charge in [0.05, 0.1) is 11.5 Å². The van der Waals surface area contributed by atoms with Crippen molar-refractivity contribution in [1.82, 2.24) is 10.2 Å². The van der Waals surface area contributed by atoms with Crippen LogP contribution >= 0.6 is 11.6 Å². The molecule has 2 aromatic carbocycles. The minimum Gasteiger partial charge on any atom is -0.384 e. The highest BCUT2D eigenvalue weighted by atomic mass is 35.5. The summed E-state index contributed by atoms with van der Waals surface area (Å²) in [4.78, 5) is 15.4. The Hall–Kier alpha value is -1.88. The van der Waals surface area contributed by atoms with E-state index in [-0.39, 0.29) is 29.6 Å². The molecule has 2 saturated heterocycles. The second-order valence-electron chi connectivity index (χ2n) is 8.66. The van der Waals surface area contributed by atoms with Crippen molar-refractivity contribution in [2.45, 2.75) is 25.4 Å². The lowest BCUT2D eigenvalue weighted by molar-refractivity contribution is -0.152. The number of likely N-dealkylation sites (tertiary alicyclic amines) is 1. The number of nitrogens with one attached hydrogen (secondary N) is 1. The molecule has 1 amide bonds. The van der Waals surface area contributed by atoms with E-state index in [0.29, 0.717) is 24.7 Å². The first-order valence-corrected chi connectivity index (χ1v) is 10.8. The van der Waals surface area contributed by atoms with Crippen molar-refractivity contribution in [3.63, 3.8) is 0 Å². The van der Waals surface area contributed by atoms with Crippen LogP contribution in [0.4, 0.5) is 0 Å². The molecule has 4 rings (SSSR count). The molecule has 2 aliphatic rings. The third-order valence-electron chi connectivity index (χ3n) is 6.87. The number of benzene rings is 2. The average Bonchev–Trinajstić information content (AvgIpc) is 3.22. The maximum absolute atomic E-state index is 13.5. The van der Waals surface area contributed by atoms with Crippen LogP contribution in [0, 0.1) is 17.8 Å². The zero-order chi connectivity index (χ0) is 20.6. The average molecular weight is 413 g/mol. The van der Waals surface area contributed by atoms with E-state index in [1.165, 1.54) is 0 Å². The Labute approximate surface area is 177 Å². The van der Waals surface area contributed by atoms with Crippen LogP contribution in [0.5, 0.6) is 0 Å². The van der Waals surface area contributed by atoms with Crippen LogP contribution in [0.25, 0.3) is 0 Å². The molecule has 4 nitrogen and oxygen atoms in total. The van der Waals surface area contributed by atoms with Gasteiger partial charge in [0, 0.05) is 49.0 Å². The van der Waals surface area contributed by atoms with Crippen molar-refractivity contribution < 1.29 is 9.90 Å². The fraction of sp³-hybridized carbons (Fsp3) is 0.458. The van der Waals surface area contributed by atoms with Crippen LogP contribution in [0.15, 0.2) is 54.6 Å². The van der Waals surface area contributed by atoms with Crippen LogP contribution in [-0.2, 0) is 10.4 Å². The Bertz CT molecular complexity index is 843. The normalized spacial score (nSPS) is 32.3. The summed E-state index contributed by atoms with van der Waals surface area (Å²) in [5.74, 6) is 0.171. The highest BCUT2D eigenvalue weighted by Gasteiger charge is 2.48. The summed E-state index contributed by atoms with van der Waals surface area (Å²) >= 11 is 6.03. The topological polar surface area (TPSA) is 52.6 Å². The minimum absolute atomic E-state index is 0.0408. The Morgan fingerprint density at radius 3 is 2.28 bits per heavy atom. The number of hydrogen-bond donors (Lipinski definition) is 2. The zero-order valence-corrected chi connectivity index (χ0v) is 17.8.